The highest BCUT2D eigenvalue weighted by atomic mass is 16.2. The molecule has 0 radical (unpaired) electrons. The SMILES string of the molecule is CCC(=O)CCCCCC(C(=O)NCCN1CCCCC1)c1ncc(-c2ccc3ccccc3c2)[nH]1. The lowest BCUT2D eigenvalue weighted by Crippen LogP contribution is -2.39. The van der Waals surface area contributed by atoms with Gasteiger partial charge in [-0.25, -0.2) is 4.98 Å². The Bertz CT molecular complexity index is 1130. The number of amides is 1. The van der Waals surface area contributed by atoms with Crippen molar-refractivity contribution in [3.05, 3.63) is 54.5 Å². The highest BCUT2D eigenvalue weighted by molar-refractivity contribution is 5.87. The number of imidazole rings is 1. The fourth-order valence-electron chi connectivity index (χ4n) is 5.08. The number of hydrogen-bond acceptors (Lipinski definition) is 4. The summed E-state index contributed by atoms with van der Waals surface area (Å²) in [6.45, 7) is 5.74. The smallest absolute Gasteiger partial charge is 0.230 e. The number of fused-ring (bicyclic) bond motifs is 1. The van der Waals surface area contributed by atoms with Crippen LogP contribution in [0.15, 0.2) is 48.7 Å². The second-order valence-electron chi connectivity index (χ2n) is 9.98. The van der Waals surface area contributed by atoms with Crippen LogP contribution >= 0.6 is 0 Å². The summed E-state index contributed by atoms with van der Waals surface area (Å²) >= 11 is 0. The number of aromatic amines is 1. The maximum atomic E-state index is 13.3. The number of nitrogens with one attached hydrogen (secondary N) is 2. The molecule has 1 aliphatic rings. The highest BCUT2D eigenvalue weighted by Gasteiger charge is 2.24. The van der Waals surface area contributed by atoms with E-state index >= 15 is 0 Å². The van der Waals surface area contributed by atoms with Gasteiger partial charge in [0.1, 0.15) is 11.6 Å². The molecule has 1 aliphatic heterocycles. The Labute approximate surface area is 214 Å². The first-order valence-electron chi connectivity index (χ1n) is 13.7. The van der Waals surface area contributed by atoms with E-state index in [1.807, 2.05) is 25.3 Å². The van der Waals surface area contributed by atoms with Crippen LogP contribution in [0.5, 0.6) is 0 Å². The fourth-order valence-corrected chi connectivity index (χ4v) is 5.08. The van der Waals surface area contributed by atoms with Gasteiger partial charge >= 0.3 is 0 Å². The highest BCUT2D eigenvalue weighted by Crippen LogP contribution is 2.27. The number of rotatable bonds is 13. The lowest BCUT2D eigenvalue weighted by molar-refractivity contribution is -0.123. The maximum Gasteiger partial charge on any atom is 0.230 e. The molecule has 1 saturated heterocycles. The van der Waals surface area contributed by atoms with Gasteiger partial charge in [0.2, 0.25) is 5.91 Å². The van der Waals surface area contributed by atoms with E-state index in [0.717, 1.165) is 62.4 Å². The largest absolute Gasteiger partial charge is 0.354 e. The van der Waals surface area contributed by atoms with E-state index in [2.05, 4.69) is 50.5 Å². The molecule has 1 aromatic heterocycles. The third-order valence-electron chi connectivity index (χ3n) is 7.32. The lowest BCUT2D eigenvalue weighted by atomic mass is 9.98. The number of Topliss-reactive ketones (excluding diaryl/α,β-unsaturated/α-hetero) is 1. The summed E-state index contributed by atoms with van der Waals surface area (Å²) in [5, 5.41) is 5.56. The summed E-state index contributed by atoms with van der Waals surface area (Å²) in [6, 6.07) is 14.7. The molecule has 192 valence electrons. The molecule has 1 amide bonds. The molecule has 3 aromatic rings. The van der Waals surface area contributed by atoms with Gasteiger partial charge in [-0.15, -0.1) is 0 Å². The van der Waals surface area contributed by atoms with Crippen molar-refractivity contribution in [2.45, 2.75) is 70.6 Å². The van der Waals surface area contributed by atoms with Gasteiger partial charge in [-0.3, -0.25) is 9.59 Å². The first-order chi connectivity index (χ1) is 17.6. The number of aromatic nitrogens is 2. The van der Waals surface area contributed by atoms with E-state index in [4.69, 9.17) is 0 Å². The van der Waals surface area contributed by atoms with Crippen LogP contribution in [0.1, 0.15) is 76.5 Å². The van der Waals surface area contributed by atoms with Gasteiger partial charge in [-0.05, 0) is 55.6 Å². The summed E-state index contributed by atoms with van der Waals surface area (Å²) in [7, 11) is 0. The fraction of sp³-hybridized carbons (Fsp3) is 0.500. The van der Waals surface area contributed by atoms with Gasteiger partial charge in [0.15, 0.2) is 0 Å². The van der Waals surface area contributed by atoms with Gasteiger partial charge in [0.05, 0.1) is 17.8 Å². The predicted octanol–water partition coefficient (Wildman–Crippen LogP) is 5.85. The zero-order chi connectivity index (χ0) is 25.2. The quantitative estimate of drug-likeness (QED) is 0.296. The summed E-state index contributed by atoms with van der Waals surface area (Å²) < 4.78 is 0. The third-order valence-corrected chi connectivity index (χ3v) is 7.32. The minimum absolute atomic E-state index is 0.0380. The Hall–Kier alpha value is -2.99. The molecule has 2 aromatic carbocycles. The van der Waals surface area contributed by atoms with Crippen LogP contribution in [0.4, 0.5) is 0 Å². The molecular weight excluding hydrogens is 448 g/mol. The molecule has 1 atom stereocenters. The first kappa shape index (κ1) is 26.1. The van der Waals surface area contributed by atoms with Gasteiger partial charge in [-0.2, -0.15) is 0 Å². The number of H-pyrrole nitrogens is 1. The molecule has 1 unspecified atom stereocenters. The second kappa shape index (κ2) is 13.4. The van der Waals surface area contributed by atoms with Crippen molar-refractivity contribution < 1.29 is 9.59 Å². The number of unbranched alkanes of at least 4 members (excludes halogenated alkanes) is 2. The van der Waals surface area contributed by atoms with Crippen LogP contribution in [0, 0.1) is 0 Å². The molecule has 1 fully saturated rings. The first-order valence-corrected chi connectivity index (χ1v) is 13.7. The summed E-state index contributed by atoms with van der Waals surface area (Å²) in [5.41, 5.74) is 1.99. The van der Waals surface area contributed by atoms with Crippen molar-refractivity contribution in [1.29, 1.82) is 0 Å². The Morgan fingerprint density at radius 3 is 2.64 bits per heavy atom. The molecular formula is C30H40N4O2. The number of piperidine rings is 1. The molecule has 6 heteroatoms. The molecule has 36 heavy (non-hydrogen) atoms. The monoisotopic (exact) mass is 488 g/mol. The molecule has 2 heterocycles. The second-order valence-corrected chi connectivity index (χ2v) is 9.98. The van der Waals surface area contributed by atoms with E-state index in [0.29, 0.717) is 25.2 Å². The number of likely N-dealkylation sites (tertiary alicyclic amines) is 1. The van der Waals surface area contributed by atoms with E-state index in [-0.39, 0.29) is 11.8 Å². The molecule has 6 nitrogen and oxygen atoms in total. The van der Waals surface area contributed by atoms with Crippen LogP contribution in [0.3, 0.4) is 0 Å². The van der Waals surface area contributed by atoms with Gasteiger partial charge in [-0.1, -0.05) is 62.6 Å². The molecule has 4 rings (SSSR count). The number of ketones is 1. The normalized spacial score (nSPS) is 15.1. The zero-order valence-electron chi connectivity index (χ0n) is 21.6. The number of carbonyl (C=O) groups excluding carboxylic acids is 2. The molecule has 0 spiro atoms. The Morgan fingerprint density at radius 2 is 1.83 bits per heavy atom. The minimum Gasteiger partial charge on any atom is -0.354 e. The molecule has 0 saturated carbocycles. The van der Waals surface area contributed by atoms with E-state index in [1.165, 1.54) is 30.0 Å². The van der Waals surface area contributed by atoms with Gasteiger partial charge in [0.25, 0.3) is 0 Å². The van der Waals surface area contributed by atoms with Crippen LogP contribution in [0.2, 0.25) is 0 Å². The summed E-state index contributed by atoms with van der Waals surface area (Å²) in [4.78, 5) is 35.4. The number of carbonyl (C=O) groups is 2. The van der Waals surface area contributed by atoms with Crippen LogP contribution in [0.25, 0.3) is 22.0 Å². The van der Waals surface area contributed by atoms with E-state index in [9.17, 15) is 9.59 Å². The van der Waals surface area contributed by atoms with Crippen molar-refractivity contribution in [3.63, 3.8) is 0 Å². The van der Waals surface area contributed by atoms with Crippen molar-refractivity contribution in [3.8, 4) is 11.3 Å². The number of benzene rings is 2. The van der Waals surface area contributed by atoms with Gasteiger partial charge in [0, 0.05) is 31.5 Å². The average molecular weight is 489 g/mol. The van der Waals surface area contributed by atoms with Crippen LogP contribution < -0.4 is 5.32 Å². The Morgan fingerprint density at radius 1 is 1.03 bits per heavy atom. The zero-order valence-corrected chi connectivity index (χ0v) is 21.6. The third kappa shape index (κ3) is 7.26. The van der Waals surface area contributed by atoms with Gasteiger partial charge < -0.3 is 15.2 Å². The van der Waals surface area contributed by atoms with Crippen molar-refractivity contribution >= 4 is 22.5 Å². The van der Waals surface area contributed by atoms with Crippen molar-refractivity contribution in [1.82, 2.24) is 20.2 Å². The predicted molar refractivity (Wildman–Crippen MR) is 146 cm³/mol. The Kier molecular flexibility index (Phi) is 9.68. The average Bonchev–Trinajstić information content (AvgIpc) is 3.40. The Balaban J connectivity index is 1.41. The molecule has 0 bridgehead atoms. The van der Waals surface area contributed by atoms with E-state index < -0.39 is 0 Å². The van der Waals surface area contributed by atoms with Crippen LogP contribution in [-0.2, 0) is 9.59 Å². The molecule has 0 aliphatic carbocycles. The summed E-state index contributed by atoms with van der Waals surface area (Å²) in [6.07, 6.45) is 10.3. The lowest BCUT2D eigenvalue weighted by Gasteiger charge is -2.26. The molecule has 2 N–H and O–H groups in total. The van der Waals surface area contributed by atoms with Crippen LogP contribution in [-0.4, -0.2) is 52.7 Å². The number of nitrogens with zero attached hydrogens (tertiary/aromatic N) is 2. The number of hydrogen-bond donors (Lipinski definition) is 2. The van der Waals surface area contributed by atoms with Crippen molar-refractivity contribution in [2.75, 3.05) is 26.2 Å². The summed E-state index contributed by atoms with van der Waals surface area (Å²) in [5.74, 6) is 0.754. The van der Waals surface area contributed by atoms with Crippen molar-refractivity contribution in [2.24, 2.45) is 0 Å². The standard InChI is InChI=1S/C30H40N4O2/c1-2-26(35)13-5-3-6-14-27(30(36)31-17-20-34-18-9-4-10-19-34)29-32-22-28(33-29)25-16-15-23-11-7-8-12-24(23)21-25/h7-8,11-12,15-16,21-22,27H,2-6,9-10,13-14,17-20H2,1H3,(H,31,36)(H,32,33). The maximum absolute atomic E-state index is 13.3. The van der Waals surface area contributed by atoms with E-state index in [1.54, 1.807) is 0 Å². The topological polar surface area (TPSA) is 78.1 Å². The minimum atomic E-state index is -0.317.